The molecule has 8 nitrogen and oxygen atoms in total. The molecule has 3 rings (SSSR count). The van der Waals surface area contributed by atoms with Crippen molar-refractivity contribution >= 4 is 15.9 Å². The van der Waals surface area contributed by atoms with E-state index >= 15 is 0 Å². The van der Waals surface area contributed by atoms with Gasteiger partial charge in [0.2, 0.25) is 15.9 Å². The molecule has 1 amide bonds. The number of hydrogen-bond acceptors (Lipinski definition) is 5. The topological polar surface area (TPSA) is 84.7 Å². The first-order chi connectivity index (χ1) is 11.9. The summed E-state index contributed by atoms with van der Waals surface area (Å²) in [7, 11) is -0.819. The standard InChI is InChI=1S/C16H20N4O4S/c1-12-16(21)18(2)9-10-20(12)25(22,23)15-11-13(5-6-14(15)24-3)19-8-4-7-17-19/h4-8,11-12H,9-10H2,1-3H3. The Labute approximate surface area is 146 Å². The molecule has 1 aromatic carbocycles. The SMILES string of the molecule is COc1ccc(-n2cccn2)cc1S(=O)(=O)N1CCN(C)C(=O)C1C. The summed E-state index contributed by atoms with van der Waals surface area (Å²) < 4.78 is 34.4. The number of methoxy groups -OCH3 is 1. The summed E-state index contributed by atoms with van der Waals surface area (Å²) in [6.07, 6.45) is 3.33. The summed E-state index contributed by atoms with van der Waals surface area (Å²) in [5, 5.41) is 4.12. The van der Waals surface area contributed by atoms with Gasteiger partial charge in [-0.05, 0) is 31.2 Å². The normalized spacial score (nSPS) is 19.2. The molecule has 1 aliphatic heterocycles. The Morgan fingerprint density at radius 3 is 2.68 bits per heavy atom. The lowest BCUT2D eigenvalue weighted by Gasteiger charge is -2.36. The van der Waals surface area contributed by atoms with Crippen LogP contribution in [0.1, 0.15) is 6.92 Å². The van der Waals surface area contributed by atoms with Crippen LogP contribution in [0.3, 0.4) is 0 Å². The average molecular weight is 364 g/mol. The highest BCUT2D eigenvalue weighted by molar-refractivity contribution is 7.89. The highest BCUT2D eigenvalue weighted by Crippen LogP contribution is 2.31. The smallest absolute Gasteiger partial charge is 0.247 e. The first-order valence-corrected chi connectivity index (χ1v) is 9.25. The molecular weight excluding hydrogens is 344 g/mol. The van der Waals surface area contributed by atoms with Crippen LogP contribution < -0.4 is 4.74 Å². The van der Waals surface area contributed by atoms with Crippen molar-refractivity contribution in [3.8, 4) is 11.4 Å². The number of hydrogen-bond donors (Lipinski definition) is 0. The molecule has 134 valence electrons. The predicted molar refractivity (Wildman–Crippen MR) is 91.1 cm³/mol. The van der Waals surface area contributed by atoms with Crippen molar-refractivity contribution in [1.82, 2.24) is 19.0 Å². The number of nitrogens with zero attached hydrogens (tertiary/aromatic N) is 4. The minimum absolute atomic E-state index is 0.0206. The van der Waals surface area contributed by atoms with Gasteiger partial charge in [0.1, 0.15) is 16.7 Å². The van der Waals surface area contributed by atoms with E-state index in [-0.39, 0.29) is 23.1 Å². The van der Waals surface area contributed by atoms with Gasteiger partial charge in [-0.15, -0.1) is 0 Å². The fourth-order valence-electron chi connectivity index (χ4n) is 2.88. The minimum atomic E-state index is -3.90. The lowest BCUT2D eigenvalue weighted by Crippen LogP contribution is -2.56. The fourth-order valence-corrected chi connectivity index (χ4v) is 4.64. The highest BCUT2D eigenvalue weighted by atomic mass is 32.2. The molecule has 2 heterocycles. The molecule has 2 aromatic rings. The molecule has 0 bridgehead atoms. The molecule has 0 N–H and O–H groups in total. The Balaban J connectivity index is 2.07. The van der Waals surface area contributed by atoms with E-state index in [1.54, 1.807) is 49.2 Å². The molecule has 1 saturated heterocycles. The fraction of sp³-hybridized carbons (Fsp3) is 0.375. The second-order valence-electron chi connectivity index (χ2n) is 5.84. The molecule has 0 radical (unpaired) electrons. The van der Waals surface area contributed by atoms with Crippen LogP contribution in [0.5, 0.6) is 5.75 Å². The molecule has 25 heavy (non-hydrogen) atoms. The molecule has 0 saturated carbocycles. The van der Waals surface area contributed by atoms with Crippen LogP contribution in [0, 0.1) is 0 Å². The number of benzene rings is 1. The van der Waals surface area contributed by atoms with Gasteiger partial charge >= 0.3 is 0 Å². The molecule has 0 aliphatic carbocycles. The Hall–Kier alpha value is -2.39. The Bertz CT molecular complexity index is 880. The van der Waals surface area contributed by atoms with E-state index < -0.39 is 16.1 Å². The third kappa shape index (κ3) is 3.00. The Morgan fingerprint density at radius 2 is 2.04 bits per heavy atom. The number of piperazine rings is 1. The summed E-state index contributed by atoms with van der Waals surface area (Å²) in [6.45, 7) is 2.18. The average Bonchev–Trinajstić information content (AvgIpc) is 3.13. The Morgan fingerprint density at radius 1 is 1.28 bits per heavy atom. The number of carbonyl (C=O) groups is 1. The second kappa shape index (κ2) is 6.49. The summed E-state index contributed by atoms with van der Waals surface area (Å²) in [6, 6.07) is 5.81. The van der Waals surface area contributed by atoms with E-state index in [1.807, 2.05) is 0 Å². The zero-order valence-corrected chi connectivity index (χ0v) is 15.1. The largest absolute Gasteiger partial charge is 0.495 e. The van der Waals surface area contributed by atoms with Gasteiger partial charge in [-0.1, -0.05) is 0 Å². The van der Waals surface area contributed by atoms with Gasteiger partial charge in [0.05, 0.1) is 12.8 Å². The van der Waals surface area contributed by atoms with Crippen molar-refractivity contribution in [3.05, 3.63) is 36.7 Å². The first kappa shape index (κ1) is 17.4. The number of likely N-dealkylation sites (N-methyl/N-ethyl adjacent to an activating group) is 1. The van der Waals surface area contributed by atoms with Crippen LogP contribution in [0.15, 0.2) is 41.6 Å². The number of sulfonamides is 1. The van der Waals surface area contributed by atoms with E-state index in [4.69, 9.17) is 4.74 Å². The lowest BCUT2D eigenvalue weighted by molar-refractivity contribution is -0.136. The van der Waals surface area contributed by atoms with Crippen molar-refractivity contribution in [2.75, 3.05) is 27.2 Å². The minimum Gasteiger partial charge on any atom is -0.495 e. The number of ether oxygens (including phenoxy) is 1. The van der Waals surface area contributed by atoms with Gasteiger partial charge in [-0.2, -0.15) is 9.40 Å². The van der Waals surface area contributed by atoms with E-state index in [0.717, 1.165) is 0 Å². The van der Waals surface area contributed by atoms with Crippen molar-refractivity contribution < 1.29 is 17.9 Å². The monoisotopic (exact) mass is 364 g/mol. The summed E-state index contributed by atoms with van der Waals surface area (Å²) in [5.74, 6) is 0.00602. The van der Waals surface area contributed by atoms with E-state index in [0.29, 0.717) is 12.2 Å². The highest BCUT2D eigenvalue weighted by Gasteiger charge is 2.39. The second-order valence-corrected chi connectivity index (χ2v) is 7.70. The third-order valence-corrected chi connectivity index (χ3v) is 6.32. The summed E-state index contributed by atoms with van der Waals surface area (Å²) in [4.78, 5) is 13.8. The molecule has 1 atom stereocenters. The Kier molecular flexibility index (Phi) is 4.53. The first-order valence-electron chi connectivity index (χ1n) is 7.81. The van der Waals surface area contributed by atoms with Gasteiger partial charge in [0.25, 0.3) is 0 Å². The van der Waals surface area contributed by atoms with Crippen LogP contribution in [0.4, 0.5) is 0 Å². The van der Waals surface area contributed by atoms with Crippen molar-refractivity contribution in [2.24, 2.45) is 0 Å². The van der Waals surface area contributed by atoms with Crippen LogP contribution in [0.2, 0.25) is 0 Å². The van der Waals surface area contributed by atoms with Gasteiger partial charge in [0.15, 0.2) is 0 Å². The maximum absolute atomic E-state index is 13.2. The van der Waals surface area contributed by atoms with Crippen LogP contribution in [-0.2, 0) is 14.8 Å². The number of rotatable bonds is 4. The lowest BCUT2D eigenvalue weighted by atomic mass is 10.2. The number of aromatic nitrogens is 2. The summed E-state index contributed by atoms with van der Waals surface area (Å²) in [5.41, 5.74) is 0.595. The quantitative estimate of drug-likeness (QED) is 0.799. The van der Waals surface area contributed by atoms with Gasteiger partial charge in [-0.3, -0.25) is 4.79 Å². The van der Waals surface area contributed by atoms with Gasteiger partial charge in [-0.25, -0.2) is 13.1 Å². The molecule has 1 aromatic heterocycles. The van der Waals surface area contributed by atoms with Crippen LogP contribution in [-0.4, -0.2) is 66.6 Å². The van der Waals surface area contributed by atoms with Crippen LogP contribution in [0.25, 0.3) is 5.69 Å². The predicted octanol–water partition coefficient (Wildman–Crippen LogP) is 0.732. The van der Waals surface area contributed by atoms with E-state index in [1.165, 1.54) is 22.4 Å². The molecule has 9 heteroatoms. The molecular formula is C16H20N4O4S. The zero-order valence-electron chi connectivity index (χ0n) is 14.3. The molecule has 1 unspecified atom stereocenters. The number of carbonyl (C=O) groups excluding carboxylic acids is 1. The molecule has 1 aliphatic rings. The maximum atomic E-state index is 13.2. The molecule has 1 fully saturated rings. The van der Waals surface area contributed by atoms with Crippen molar-refractivity contribution in [3.63, 3.8) is 0 Å². The number of amides is 1. The van der Waals surface area contributed by atoms with Crippen molar-refractivity contribution in [1.29, 1.82) is 0 Å². The third-order valence-electron chi connectivity index (χ3n) is 4.32. The zero-order chi connectivity index (χ0) is 18.2. The molecule has 0 spiro atoms. The van der Waals surface area contributed by atoms with E-state index in [2.05, 4.69) is 5.10 Å². The van der Waals surface area contributed by atoms with Gasteiger partial charge in [0, 0.05) is 32.5 Å². The summed E-state index contributed by atoms with van der Waals surface area (Å²) >= 11 is 0. The van der Waals surface area contributed by atoms with Crippen LogP contribution >= 0.6 is 0 Å². The maximum Gasteiger partial charge on any atom is 0.247 e. The van der Waals surface area contributed by atoms with Gasteiger partial charge < -0.3 is 9.64 Å². The van der Waals surface area contributed by atoms with E-state index in [9.17, 15) is 13.2 Å². The van der Waals surface area contributed by atoms with Crippen molar-refractivity contribution in [2.45, 2.75) is 17.9 Å².